The van der Waals surface area contributed by atoms with Crippen LogP contribution in [0.5, 0.6) is 0 Å². The Kier molecular flexibility index (Phi) is 3.86. The highest BCUT2D eigenvalue weighted by Gasteiger charge is 2.17. The highest BCUT2D eigenvalue weighted by molar-refractivity contribution is 5.85. The van der Waals surface area contributed by atoms with Crippen molar-refractivity contribution in [2.45, 2.75) is 18.8 Å². The van der Waals surface area contributed by atoms with E-state index >= 15 is 0 Å². The quantitative estimate of drug-likeness (QED) is 0.590. The molecule has 136 valence electrons. The predicted octanol–water partition coefficient (Wildman–Crippen LogP) is 3.79. The zero-order chi connectivity index (χ0) is 18.4. The smallest absolute Gasteiger partial charge is 0.134 e. The molecule has 0 atom stereocenters. The molecule has 0 radical (unpaired) electrons. The van der Waals surface area contributed by atoms with Crippen LogP contribution in [0.1, 0.15) is 24.5 Å². The Bertz CT molecular complexity index is 1140. The minimum Gasteiger partial charge on any atom is -0.317 e. The second-order valence-corrected chi connectivity index (χ2v) is 7.19. The lowest BCUT2D eigenvalue weighted by Crippen LogP contribution is -2.27. The van der Waals surface area contributed by atoms with Crippen molar-refractivity contribution in [1.82, 2.24) is 25.1 Å². The van der Waals surface area contributed by atoms with Crippen LogP contribution < -0.4 is 5.32 Å². The van der Waals surface area contributed by atoms with Gasteiger partial charge in [-0.1, -0.05) is 0 Å². The van der Waals surface area contributed by atoms with Gasteiger partial charge in [-0.2, -0.15) is 5.10 Å². The SMILES string of the molecule is Cn1cc2cc(-c3ccc4nc(C5CCNCC5)ccc4n3)c(F)cc2n1. The molecule has 5 rings (SSSR count). The van der Waals surface area contributed by atoms with Gasteiger partial charge in [0, 0.05) is 41.9 Å². The number of hydrogen-bond donors (Lipinski definition) is 1. The summed E-state index contributed by atoms with van der Waals surface area (Å²) in [5.74, 6) is 0.188. The summed E-state index contributed by atoms with van der Waals surface area (Å²) in [5.41, 5.74) is 4.52. The van der Waals surface area contributed by atoms with E-state index in [9.17, 15) is 4.39 Å². The van der Waals surface area contributed by atoms with Crippen LogP contribution in [-0.4, -0.2) is 32.8 Å². The van der Waals surface area contributed by atoms with Crippen LogP contribution in [0.25, 0.3) is 33.2 Å². The molecule has 3 aromatic heterocycles. The Hall–Kier alpha value is -2.86. The molecule has 0 bridgehead atoms. The van der Waals surface area contributed by atoms with Crippen molar-refractivity contribution in [2.24, 2.45) is 7.05 Å². The predicted molar refractivity (Wildman–Crippen MR) is 104 cm³/mol. The number of aromatic nitrogens is 4. The Morgan fingerprint density at radius 2 is 1.78 bits per heavy atom. The summed E-state index contributed by atoms with van der Waals surface area (Å²) in [6.45, 7) is 2.08. The Labute approximate surface area is 156 Å². The molecular weight excluding hydrogens is 341 g/mol. The van der Waals surface area contributed by atoms with Crippen LogP contribution in [0.4, 0.5) is 4.39 Å². The maximum atomic E-state index is 14.6. The third kappa shape index (κ3) is 2.96. The first kappa shape index (κ1) is 16.3. The second-order valence-electron chi connectivity index (χ2n) is 7.19. The van der Waals surface area contributed by atoms with Gasteiger partial charge in [-0.05, 0) is 56.3 Å². The van der Waals surface area contributed by atoms with Crippen LogP contribution in [0.3, 0.4) is 0 Å². The van der Waals surface area contributed by atoms with Crippen LogP contribution in [0, 0.1) is 5.82 Å². The van der Waals surface area contributed by atoms with E-state index in [-0.39, 0.29) is 5.82 Å². The molecular formula is C21H20FN5. The van der Waals surface area contributed by atoms with Gasteiger partial charge in [0.05, 0.1) is 22.2 Å². The lowest BCUT2D eigenvalue weighted by molar-refractivity contribution is 0.454. The first-order chi connectivity index (χ1) is 13.2. The van der Waals surface area contributed by atoms with Gasteiger partial charge in [-0.15, -0.1) is 0 Å². The molecule has 1 aliphatic heterocycles. The van der Waals surface area contributed by atoms with E-state index in [4.69, 9.17) is 4.98 Å². The lowest BCUT2D eigenvalue weighted by Gasteiger charge is -2.22. The fourth-order valence-electron chi connectivity index (χ4n) is 3.89. The number of nitrogens with one attached hydrogen (secondary N) is 1. The molecule has 0 amide bonds. The maximum absolute atomic E-state index is 14.6. The van der Waals surface area contributed by atoms with E-state index in [1.165, 1.54) is 6.07 Å². The van der Waals surface area contributed by atoms with Gasteiger partial charge in [0.25, 0.3) is 0 Å². The van der Waals surface area contributed by atoms with E-state index < -0.39 is 0 Å². The van der Waals surface area contributed by atoms with Gasteiger partial charge in [0.2, 0.25) is 0 Å². The minimum absolute atomic E-state index is 0.313. The first-order valence-electron chi connectivity index (χ1n) is 9.29. The number of pyridine rings is 2. The molecule has 1 aromatic carbocycles. The van der Waals surface area contributed by atoms with Crippen molar-refractivity contribution in [3.63, 3.8) is 0 Å². The van der Waals surface area contributed by atoms with E-state index in [0.29, 0.717) is 22.7 Å². The Morgan fingerprint density at radius 3 is 2.63 bits per heavy atom. The highest BCUT2D eigenvalue weighted by Crippen LogP contribution is 2.29. The molecule has 6 heteroatoms. The topological polar surface area (TPSA) is 55.6 Å². The highest BCUT2D eigenvalue weighted by atomic mass is 19.1. The number of rotatable bonds is 2. The fraction of sp³-hybridized carbons (Fsp3) is 0.286. The van der Waals surface area contributed by atoms with Crippen LogP contribution in [0.2, 0.25) is 0 Å². The Balaban J connectivity index is 1.55. The molecule has 1 fully saturated rings. The lowest BCUT2D eigenvalue weighted by atomic mass is 9.94. The molecule has 0 spiro atoms. The molecule has 1 N–H and O–H groups in total. The zero-order valence-electron chi connectivity index (χ0n) is 15.1. The molecule has 1 saturated heterocycles. The molecule has 4 heterocycles. The van der Waals surface area contributed by atoms with Crippen molar-refractivity contribution in [1.29, 1.82) is 0 Å². The number of hydrogen-bond acceptors (Lipinski definition) is 4. The van der Waals surface area contributed by atoms with Crippen molar-refractivity contribution >= 4 is 21.9 Å². The second kappa shape index (κ2) is 6.39. The number of aryl methyl sites for hydroxylation is 1. The zero-order valence-corrected chi connectivity index (χ0v) is 15.1. The average Bonchev–Trinajstić information content (AvgIpc) is 3.06. The van der Waals surface area contributed by atoms with Gasteiger partial charge >= 0.3 is 0 Å². The standard InChI is InChI=1S/C21H20FN5/c1-27-12-14-10-15(16(22)11-21(14)26-27)18-3-5-19-20(25-18)4-2-17(24-19)13-6-8-23-9-7-13/h2-5,10-13,23H,6-9H2,1H3. The van der Waals surface area contributed by atoms with E-state index in [0.717, 1.165) is 48.0 Å². The van der Waals surface area contributed by atoms with E-state index in [2.05, 4.69) is 21.5 Å². The number of halogens is 1. The largest absolute Gasteiger partial charge is 0.317 e. The number of nitrogens with zero attached hydrogens (tertiary/aromatic N) is 4. The molecule has 27 heavy (non-hydrogen) atoms. The normalized spacial score (nSPS) is 15.6. The summed E-state index contributed by atoms with van der Waals surface area (Å²) in [6, 6.07) is 11.1. The monoisotopic (exact) mass is 361 g/mol. The molecule has 0 aliphatic carbocycles. The van der Waals surface area contributed by atoms with Gasteiger partial charge < -0.3 is 5.32 Å². The van der Waals surface area contributed by atoms with Crippen molar-refractivity contribution in [3.8, 4) is 11.3 Å². The summed E-state index contributed by atoms with van der Waals surface area (Å²) in [7, 11) is 1.83. The average molecular weight is 361 g/mol. The number of fused-ring (bicyclic) bond motifs is 2. The van der Waals surface area contributed by atoms with Gasteiger partial charge in [-0.25, -0.2) is 9.37 Å². The van der Waals surface area contributed by atoms with Crippen molar-refractivity contribution in [3.05, 3.63) is 54.1 Å². The number of piperidine rings is 1. The summed E-state index contributed by atoms with van der Waals surface area (Å²) in [5, 5.41) is 8.54. The number of benzene rings is 1. The summed E-state index contributed by atoms with van der Waals surface area (Å²) >= 11 is 0. The Morgan fingerprint density at radius 1 is 1.00 bits per heavy atom. The molecule has 4 aromatic rings. The molecule has 0 saturated carbocycles. The molecule has 5 nitrogen and oxygen atoms in total. The minimum atomic E-state index is -0.313. The van der Waals surface area contributed by atoms with Crippen molar-refractivity contribution < 1.29 is 4.39 Å². The van der Waals surface area contributed by atoms with Crippen molar-refractivity contribution in [2.75, 3.05) is 13.1 Å². The summed E-state index contributed by atoms with van der Waals surface area (Å²) in [4.78, 5) is 9.48. The fourth-order valence-corrected chi connectivity index (χ4v) is 3.89. The van der Waals surface area contributed by atoms with Crippen LogP contribution in [0.15, 0.2) is 42.6 Å². The van der Waals surface area contributed by atoms with Crippen LogP contribution in [-0.2, 0) is 7.05 Å². The van der Waals surface area contributed by atoms with Gasteiger partial charge in [-0.3, -0.25) is 9.67 Å². The first-order valence-corrected chi connectivity index (χ1v) is 9.29. The third-order valence-corrected chi connectivity index (χ3v) is 5.31. The van der Waals surface area contributed by atoms with Crippen LogP contribution >= 0.6 is 0 Å². The van der Waals surface area contributed by atoms with E-state index in [1.807, 2.05) is 37.5 Å². The third-order valence-electron chi connectivity index (χ3n) is 5.31. The van der Waals surface area contributed by atoms with E-state index in [1.54, 1.807) is 4.68 Å². The van der Waals surface area contributed by atoms with Gasteiger partial charge in [0.1, 0.15) is 5.82 Å². The van der Waals surface area contributed by atoms with Gasteiger partial charge in [0.15, 0.2) is 0 Å². The molecule has 1 aliphatic rings. The summed E-state index contributed by atoms with van der Waals surface area (Å²) in [6.07, 6.45) is 4.10. The maximum Gasteiger partial charge on any atom is 0.134 e. The molecule has 0 unspecified atom stereocenters. The summed E-state index contributed by atoms with van der Waals surface area (Å²) < 4.78 is 16.3.